The summed E-state index contributed by atoms with van der Waals surface area (Å²) in [5.74, 6) is 1.39. The molecule has 0 aromatic carbocycles. The van der Waals surface area contributed by atoms with Gasteiger partial charge in [0.25, 0.3) is 5.56 Å². The minimum absolute atomic E-state index is 0.0272. The molecule has 3 aromatic rings. The summed E-state index contributed by atoms with van der Waals surface area (Å²) in [7, 11) is 0. The maximum atomic E-state index is 12.8. The number of carbonyl (C=O) groups excluding carboxylic acids is 1. The highest BCUT2D eigenvalue weighted by molar-refractivity contribution is 7.18. The monoisotopic (exact) mass is 487 g/mol. The summed E-state index contributed by atoms with van der Waals surface area (Å²) < 4.78 is 0. The first-order chi connectivity index (χ1) is 15.9. The summed E-state index contributed by atoms with van der Waals surface area (Å²) >= 11 is 3.14. The first-order valence-corrected chi connectivity index (χ1v) is 13.5. The Morgan fingerprint density at radius 2 is 1.97 bits per heavy atom. The molecule has 2 amide bonds. The van der Waals surface area contributed by atoms with Crippen LogP contribution in [0.1, 0.15) is 45.9 Å². The molecule has 1 aliphatic heterocycles. The summed E-state index contributed by atoms with van der Waals surface area (Å²) in [5.41, 5.74) is 0.882. The second kappa shape index (κ2) is 10.8. The largest absolute Gasteiger partial charge is 0.336 e. The smallest absolute Gasteiger partial charge is 0.317 e. The molecule has 0 saturated carbocycles. The minimum Gasteiger partial charge on any atom is -0.336 e. The normalized spacial score (nSPS) is 15.9. The molecular weight excluding hydrogens is 454 g/mol. The summed E-state index contributed by atoms with van der Waals surface area (Å²) in [6, 6.07) is 4.24. The van der Waals surface area contributed by atoms with Gasteiger partial charge in [0, 0.05) is 48.0 Å². The van der Waals surface area contributed by atoms with Crippen LogP contribution in [-0.2, 0) is 6.54 Å². The Bertz CT molecular complexity index is 1110. The Morgan fingerprint density at radius 3 is 2.67 bits per heavy atom. The number of aromatic nitrogens is 2. The third-order valence-corrected chi connectivity index (χ3v) is 7.88. The lowest BCUT2D eigenvalue weighted by Gasteiger charge is -2.35. The van der Waals surface area contributed by atoms with Crippen LogP contribution in [0.4, 0.5) is 4.79 Å². The minimum atomic E-state index is -0.0795. The molecule has 0 bridgehead atoms. The van der Waals surface area contributed by atoms with Crippen molar-refractivity contribution in [3.8, 4) is 10.4 Å². The number of amides is 2. The molecule has 0 spiro atoms. The van der Waals surface area contributed by atoms with Crippen LogP contribution in [0.5, 0.6) is 0 Å². The Morgan fingerprint density at radius 1 is 1.18 bits per heavy atom. The second-order valence-electron chi connectivity index (χ2n) is 9.26. The van der Waals surface area contributed by atoms with Gasteiger partial charge < -0.3 is 15.2 Å². The van der Waals surface area contributed by atoms with E-state index in [-0.39, 0.29) is 17.6 Å². The number of nitrogens with zero attached hydrogens (tertiary/aromatic N) is 3. The Balaban J connectivity index is 1.30. The molecule has 1 atom stereocenters. The van der Waals surface area contributed by atoms with Crippen LogP contribution in [-0.4, -0.2) is 58.0 Å². The number of piperazine rings is 1. The van der Waals surface area contributed by atoms with E-state index in [1.165, 1.54) is 17.8 Å². The molecule has 1 saturated heterocycles. The van der Waals surface area contributed by atoms with Crippen LogP contribution in [0.15, 0.2) is 27.7 Å². The van der Waals surface area contributed by atoms with E-state index in [0.29, 0.717) is 36.8 Å². The molecule has 1 aliphatic rings. The molecule has 0 radical (unpaired) electrons. The van der Waals surface area contributed by atoms with Crippen molar-refractivity contribution in [1.82, 2.24) is 25.1 Å². The standard InChI is InChI=1S/C24H33N5O2S2/c1-16(2)6-4-7-17(3)25-24(31)29-11-9-28(10-12-29)14-20-26-22(30)21-18(15-33-23(21)27-20)19-8-5-13-32-19/h5,8,13,15-17H,4,6-7,9-12,14H2,1-3H3,(H,25,31)(H,26,27,30)/t17-/m0/s1. The molecule has 4 rings (SSSR count). The Kier molecular flexibility index (Phi) is 7.82. The van der Waals surface area contributed by atoms with Crippen molar-refractivity contribution < 1.29 is 4.79 Å². The average Bonchev–Trinajstić information content (AvgIpc) is 3.44. The first-order valence-electron chi connectivity index (χ1n) is 11.7. The van der Waals surface area contributed by atoms with Crippen molar-refractivity contribution >= 4 is 38.9 Å². The lowest BCUT2D eigenvalue weighted by molar-refractivity contribution is 0.131. The summed E-state index contributed by atoms with van der Waals surface area (Å²) in [6.07, 6.45) is 3.35. The van der Waals surface area contributed by atoms with E-state index in [0.717, 1.165) is 41.2 Å². The first kappa shape index (κ1) is 23.9. The van der Waals surface area contributed by atoms with Gasteiger partial charge in [0.15, 0.2) is 0 Å². The lowest BCUT2D eigenvalue weighted by Crippen LogP contribution is -2.53. The molecule has 178 valence electrons. The van der Waals surface area contributed by atoms with Crippen molar-refractivity contribution in [3.63, 3.8) is 0 Å². The van der Waals surface area contributed by atoms with Gasteiger partial charge in [0.05, 0.1) is 11.9 Å². The van der Waals surface area contributed by atoms with E-state index in [4.69, 9.17) is 4.98 Å². The number of fused-ring (bicyclic) bond motifs is 1. The van der Waals surface area contributed by atoms with E-state index in [1.807, 2.05) is 27.8 Å². The molecule has 3 aromatic heterocycles. The number of rotatable bonds is 8. The van der Waals surface area contributed by atoms with E-state index >= 15 is 0 Å². The molecule has 1 fully saturated rings. The highest BCUT2D eigenvalue weighted by Crippen LogP contribution is 2.33. The van der Waals surface area contributed by atoms with E-state index in [9.17, 15) is 9.59 Å². The summed E-state index contributed by atoms with van der Waals surface area (Å²) in [4.78, 5) is 39.1. The van der Waals surface area contributed by atoms with Gasteiger partial charge in [-0.05, 0) is 30.7 Å². The lowest BCUT2D eigenvalue weighted by atomic mass is 10.0. The molecule has 33 heavy (non-hydrogen) atoms. The van der Waals surface area contributed by atoms with Gasteiger partial charge >= 0.3 is 6.03 Å². The Hall–Kier alpha value is -2.23. The van der Waals surface area contributed by atoms with Crippen molar-refractivity contribution in [2.24, 2.45) is 5.92 Å². The van der Waals surface area contributed by atoms with Gasteiger partial charge in [-0.1, -0.05) is 32.8 Å². The number of urea groups is 1. The third-order valence-electron chi connectivity index (χ3n) is 6.10. The molecule has 7 nitrogen and oxygen atoms in total. The number of thiophene rings is 2. The van der Waals surface area contributed by atoms with E-state index in [2.05, 4.69) is 36.0 Å². The fourth-order valence-electron chi connectivity index (χ4n) is 4.21. The zero-order chi connectivity index (χ0) is 23.4. The van der Waals surface area contributed by atoms with Crippen LogP contribution >= 0.6 is 22.7 Å². The van der Waals surface area contributed by atoms with E-state index < -0.39 is 0 Å². The SMILES string of the molecule is CC(C)CCC[C@H](C)NC(=O)N1CCN(Cc2nc3scc(-c4cccs4)c3c(=O)[nH]2)CC1. The molecular formula is C24H33N5O2S2. The number of aromatic amines is 1. The summed E-state index contributed by atoms with van der Waals surface area (Å²) in [6.45, 7) is 10.0. The highest BCUT2D eigenvalue weighted by Gasteiger charge is 2.23. The maximum absolute atomic E-state index is 12.8. The van der Waals surface area contributed by atoms with E-state index in [1.54, 1.807) is 11.3 Å². The van der Waals surface area contributed by atoms with Crippen LogP contribution in [0, 0.1) is 5.92 Å². The zero-order valence-electron chi connectivity index (χ0n) is 19.6. The van der Waals surface area contributed by atoms with Crippen molar-refractivity contribution in [1.29, 1.82) is 0 Å². The summed E-state index contributed by atoms with van der Waals surface area (Å²) in [5, 5.41) is 7.85. The quantitative estimate of drug-likeness (QED) is 0.480. The second-order valence-corrected chi connectivity index (χ2v) is 11.1. The van der Waals surface area contributed by atoms with Gasteiger partial charge in [0.1, 0.15) is 10.7 Å². The predicted molar refractivity (Wildman–Crippen MR) is 137 cm³/mol. The number of carbonyl (C=O) groups is 1. The predicted octanol–water partition coefficient (Wildman–Crippen LogP) is 4.76. The number of H-pyrrole nitrogens is 1. The van der Waals surface area contributed by atoms with Crippen molar-refractivity contribution in [2.75, 3.05) is 26.2 Å². The third kappa shape index (κ3) is 6.02. The van der Waals surface area contributed by atoms with Gasteiger partial charge in [0.2, 0.25) is 0 Å². The number of nitrogens with one attached hydrogen (secondary N) is 2. The number of hydrogen-bond donors (Lipinski definition) is 2. The average molecular weight is 488 g/mol. The molecule has 9 heteroatoms. The van der Waals surface area contributed by atoms with Crippen LogP contribution in [0.25, 0.3) is 20.7 Å². The Labute approximate surface area is 202 Å². The maximum Gasteiger partial charge on any atom is 0.317 e. The van der Waals surface area contributed by atoms with Gasteiger partial charge in [-0.25, -0.2) is 9.78 Å². The van der Waals surface area contributed by atoms with Gasteiger partial charge in [-0.3, -0.25) is 9.69 Å². The highest BCUT2D eigenvalue weighted by atomic mass is 32.1. The zero-order valence-corrected chi connectivity index (χ0v) is 21.2. The molecule has 4 heterocycles. The van der Waals surface area contributed by atoms with Crippen LogP contribution in [0.3, 0.4) is 0 Å². The fraction of sp³-hybridized carbons (Fsp3) is 0.542. The van der Waals surface area contributed by atoms with Crippen molar-refractivity contribution in [3.05, 3.63) is 39.1 Å². The number of hydrogen-bond acceptors (Lipinski definition) is 6. The molecule has 2 N–H and O–H groups in total. The van der Waals surface area contributed by atoms with Crippen LogP contribution < -0.4 is 10.9 Å². The van der Waals surface area contributed by atoms with Crippen LogP contribution in [0.2, 0.25) is 0 Å². The van der Waals surface area contributed by atoms with Crippen molar-refractivity contribution in [2.45, 2.75) is 52.6 Å². The van der Waals surface area contributed by atoms with Gasteiger partial charge in [-0.2, -0.15) is 0 Å². The fourth-order valence-corrected chi connectivity index (χ4v) is 5.99. The topological polar surface area (TPSA) is 81.3 Å². The molecule has 0 aliphatic carbocycles. The van der Waals surface area contributed by atoms with Gasteiger partial charge in [-0.15, -0.1) is 22.7 Å². The molecule has 0 unspecified atom stereocenters.